The number of aliphatic hydroxyl groups is 1. The van der Waals surface area contributed by atoms with Gasteiger partial charge in [-0.2, -0.15) is 0 Å². The molecule has 31 heavy (non-hydrogen) atoms. The van der Waals surface area contributed by atoms with Crippen LogP contribution < -0.4 is 0 Å². The van der Waals surface area contributed by atoms with Crippen LogP contribution >= 0.6 is 0 Å². The van der Waals surface area contributed by atoms with Crippen LogP contribution in [0.25, 0.3) is 0 Å². The molecule has 5 nitrogen and oxygen atoms in total. The molecular weight excluding hydrogens is 392 g/mol. The molecule has 2 aromatic carbocycles. The third kappa shape index (κ3) is 2.72. The van der Waals surface area contributed by atoms with Gasteiger partial charge < -0.3 is 14.6 Å². The molecule has 4 atom stereocenters. The van der Waals surface area contributed by atoms with Crippen LogP contribution in [0.5, 0.6) is 0 Å². The molecule has 0 aromatic heterocycles. The second-order valence-corrected chi connectivity index (χ2v) is 9.07. The van der Waals surface area contributed by atoms with Crippen molar-refractivity contribution in [3.63, 3.8) is 0 Å². The Bertz CT molecular complexity index is 982. The van der Waals surface area contributed by atoms with E-state index in [0.717, 1.165) is 24.0 Å². The minimum Gasteiger partial charge on any atom is -0.469 e. The Morgan fingerprint density at radius 1 is 1.10 bits per heavy atom. The molecule has 6 rings (SSSR count). The van der Waals surface area contributed by atoms with Gasteiger partial charge in [0.2, 0.25) is 0 Å². The molecule has 4 aliphatic rings. The summed E-state index contributed by atoms with van der Waals surface area (Å²) in [7, 11) is 1.37. The topological polar surface area (TPSA) is 72.8 Å². The molecule has 2 aromatic rings. The Labute approximate surface area is 182 Å². The number of cyclic esters (lactones) is 1. The Hall–Kier alpha value is -2.66. The highest BCUT2D eigenvalue weighted by molar-refractivity contribution is 5.90. The summed E-state index contributed by atoms with van der Waals surface area (Å²) in [6, 6.07) is 16.3. The molecule has 1 aliphatic heterocycles. The summed E-state index contributed by atoms with van der Waals surface area (Å²) < 4.78 is 11.0. The van der Waals surface area contributed by atoms with Crippen LogP contribution in [0, 0.1) is 11.3 Å². The highest BCUT2D eigenvalue weighted by atomic mass is 16.6. The molecule has 0 saturated carbocycles. The first-order chi connectivity index (χ1) is 15.0. The predicted octanol–water partition coefficient (Wildman–Crippen LogP) is 3.92. The van der Waals surface area contributed by atoms with E-state index in [1.54, 1.807) is 0 Å². The van der Waals surface area contributed by atoms with Gasteiger partial charge in [-0.15, -0.1) is 0 Å². The number of ether oxygens (including phenoxy) is 2. The zero-order chi connectivity index (χ0) is 21.8. The summed E-state index contributed by atoms with van der Waals surface area (Å²) in [5.74, 6) is -2.28. The molecule has 3 aliphatic carbocycles. The van der Waals surface area contributed by atoms with Gasteiger partial charge in [0.05, 0.1) is 12.5 Å². The van der Waals surface area contributed by atoms with Crippen LogP contribution in [0.3, 0.4) is 0 Å². The Morgan fingerprint density at radius 2 is 1.68 bits per heavy atom. The zero-order valence-electron chi connectivity index (χ0n) is 17.9. The van der Waals surface area contributed by atoms with Crippen molar-refractivity contribution in [2.45, 2.75) is 56.7 Å². The van der Waals surface area contributed by atoms with E-state index < -0.39 is 35.5 Å². The number of hydrogen-bond acceptors (Lipinski definition) is 5. The third-order valence-corrected chi connectivity index (χ3v) is 7.63. The average molecular weight is 421 g/mol. The number of carbonyl (C=O) groups excluding carboxylic acids is 2. The lowest BCUT2D eigenvalue weighted by molar-refractivity contribution is -0.168. The molecule has 1 N–H and O–H groups in total. The van der Waals surface area contributed by atoms with E-state index in [0.29, 0.717) is 12.8 Å². The maximum atomic E-state index is 13.6. The van der Waals surface area contributed by atoms with Crippen LogP contribution in [0.2, 0.25) is 0 Å². The second kappa shape index (κ2) is 7.49. The van der Waals surface area contributed by atoms with E-state index in [1.807, 2.05) is 36.4 Å². The van der Waals surface area contributed by atoms with Gasteiger partial charge in [0.25, 0.3) is 0 Å². The zero-order valence-corrected chi connectivity index (χ0v) is 17.9. The van der Waals surface area contributed by atoms with Crippen molar-refractivity contribution in [3.05, 3.63) is 70.8 Å². The predicted molar refractivity (Wildman–Crippen MR) is 115 cm³/mol. The van der Waals surface area contributed by atoms with Crippen molar-refractivity contribution in [3.8, 4) is 0 Å². The van der Waals surface area contributed by atoms with E-state index in [2.05, 4.69) is 19.1 Å². The van der Waals surface area contributed by atoms with Crippen LogP contribution in [-0.2, 0) is 19.1 Å². The fourth-order valence-corrected chi connectivity index (χ4v) is 6.37. The number of methoxy groups -OCH3 is 1. The molecule has 1 unspecified atom stereocenters. The first kappa shape index (κ1) is 20.3. The number of benzene rings is 2. The van der Waals surface area contributed by atoms with Gasteiger partial charge in [-0.05, 0) is 41.5 Å². The lowest BCUT2D eigenvalue weighted by Gasteiger charge is -2.53. The first-order valence-corrected chi connectivity index (χ1v) is 11.2. The SMILES string of the molecule is CCCC[C@H]1OC(=O)C([C@@]2(C(=O)OC)CC3c4ccccc4C2c2ccccc23)[C@H]1O. The molecule has 0 amide bonds. The van der Waals surface area contributed by atoms with Crippen LogP contribution in [-0.4, -0.2) is 36.4 Å². The number of unbranched alkanes of at least 4 members (excludes halogenated alkanes) is 1. The van der Waals surface area contributed by atoms with Crippen LogP contribution in [0.15, 0.2) is 48.5 Å². The number of hydrogen-bond donors (Lipinski definition) is 1. The summed E-state index contributed by atoms with van der Waals surface area (Å²) in [5, 5.41) is 11.3. The standard InChI is InChI=1S/C26H28O5/c1-3-4-13-20-23(27)22(24(28)31-20)26(25(29)30-2)14-19-15-9-5-7-11-17(15)21(26)18-12-8-6-10-16(18)19/h5-12,19-23,27H,3-4,13-14H2,1-2H3/t19?,20-,21?,22?,23+,26-/m1/s1. The highest BCUT2D eigenvalue weighted by Gasteiger charge is 2.67. The number of aliphatic hydroxyl groups excluding tert-OH is 1. The van der Waals surface area contributed by atoms with Crippen molar-refractivity contribution >= 4 is 11.9 Å². The summed E-state index contributed by atoms with van der Waals surface area (Å²) in [6.07, 6.45) is 1.21. The van der Waals surface area contributed by atoms with E-state index >= 15 is 0 Å². The molecule has 2 bridgehead atoms. The molecule has 0 spiro atoms. The highest BCUT2D eigenvalue weighted by Crippen LogP contribution is 2.65. The minimum absolute atomic E-state index is 0.0359. The van der Waals surface area contributed by atoms with Gasteiger partial charge in [-0.1, -0.05) is 61.9 Å². The number of carbonyl (C=O) groups is 2. The van der Waals surface area contributed by atoms with Crippen LogP contribution in [0.1, 0.15) is 66.7 Å². The van der Waals surface area contributed by atoms with Gasteiger partial charge in [-0.25, -0.2) is 0 Å². The average Bonchev–Trinajstić information content (AvgIpc) is 3.10. The van der Waals surface area contributed by atoms with E-state index in [1.165, 1.54) is 18.2 Å². The largest absolute Gasteiger partial charge is 0.469 e. The maximum Gasteiger partial charge on any atom is 0.313 e. The Balaban J connectivity index is 1.70. The number of fused-ring (bicyclic) bond motifs is 1. The van der Waals surface area contributed by atoms with Gasteiger partial charge in [0, 0.05) is 11.8 Å². The lowest BCUT2D eigenvalue weighted by atomic mass is 9.48. The van der Waals surface area contributed by atoms with E-state index in [9.17, 15) is 14.7 Å². The monoisotopic (exact) mass is 420 g/mol. The molecule has 1 fully saturated rings. The summed E-state index contributed by atoms with van der Waals surface area (Å²) >= 11 is 0. The van der Waals surface area contributed by atoms with Gasteiger partial charge >= 0.3 is 11.9 Å². The molecule has 0 radical (unpaired) electrons. The van der Waals surface area contributed by atoms with E-state index in [-0.39, 0.29) is 11.8 Å². The van der Waals surface area contributed by atoms with Crippen molar-refractivity contribution in [2.24, 2.45) is 11.3 Å². The number of esters is 2. The minimum atomic E-state index is -1.19. The Morgan fingerprint density at radius 3 is 2.23 bits per heavy atom. The van der Waals surface area contributed by atoms with Gasteiger partial charge in [-0.3, -0.25) is 9.59 Å². The lowest BCUT2D eigenvalue weighted by Crippen LogP contribution is -2.55. The fraction of sp³-hybridized carbons (Fsp3) is 0.462. The van der Waals surface area contributed by atoms with Crippen molar-refractivity contribution in [1.29, 1.82) is 0 Å². The van der Waals surface area contributed by atoms with Crippen molar-refractivity contribution < 1.29 is 24.2 Å². The number of rotatable bonds is 5. The normalized spacial score (nSPS) is 32.9. The van der Waals surface area contributed by atoms with Crippen LogP contribution in [0.4, 0.5) is 0 Å². The van der Waals surface area contributed by atoms with Crippen molar-refractivity contribution in [1.82, 2.24) is 0 Å². The maximum absolute atomic E-state index is 13.6. The van der Waals surface area contributed by atoms with Crippen molar-refractivity contribution in [2.75, 3.05) is 7.11 Å². The molecular formula is C26H28O5. The smallest absolute Gasteiger partial charge is 0.313 e. The summed E-state index contributed by atoms with van der Waals surface area (Å²) in [5.41, 5.74) is 3.27. The molecule has 1 heterocycles. The van der Waals surface area contributed by atoms with E-state index in [4.69, 9.17) is 9.47 Å². The summed E-state index contributed by atoms with van der Waals surface area (Å²) in [4.78, 5) is 26.7. The molecule has 162 valence electrons. The van der Waals surface area contributed by atoms with Gasteiger partial charge in [0.1, 0.15) is 18.1 Å². The molecule has 5 heteroatoms. The summed E-state index contributed by atoms with van der Waals surface area (Å²) in [6.45, 7) is 2.06. The Kier molecular flexibility index (Phi) is 4.89. The quantitative estimate of drug-likeness (QED) is 0.743. The second-order valence-electron chi connectivity index (χ2n) is 9.07. The molecule has 1 saturated heterocycles. The fourth-order valence-electron chi connectivity index (χ4n) is 6.37. The first-order valence-electron chi connectivity index (χ1n) is 11.2. The third-order valence-electron chi connectivity index (χ3n) is 7.63. The van der Waals surface area contributed by atoms with Gasteiger partial charge in [0.15, 0.2) is 0 Å².